The molecule has 0 saturated carbocycles. The number of aryl methyl sites for hydroxylation is 2. The number of benzene rings is 2. The van der Waals surface area contributed by atoms with Crippen molar-refractivity contribution in [2.24, 2.45) is 0 Å². The van der Waals surface area contributed by atoms with Gasteiger partial charge in [0, 0.05) is 0 Å². The highest BCUT2D eigenvalue weighted by atomic mass is 35.5. The molecule has 1 N–H and O–H groups in total. The Balaban J connectivity index is 1.87. The smallest absolute Gasteiger partial charge is 0.266 e. The molecule has 0 aliphatic heterocycles. The molecule has 3 rings (SSSR count). The molecule has 0 aliphatic rings. The number of nitrogens with one attached hydrogen (secondary N) is 1. The number of rotatable bonds is 4. The van der Waals surface area contributed by atoms with E-state index < -0.39 is 21.7 Å². The van der Waals surface area contributed by atoms with Gasteiger partial charge in [-0.05, 0) is 49.2 Å². The van der Waals surface area contributed by atoms with Gasteiger partial charge in [0.15, 0.2) is 5.69 Å². The van der Waals surface area contributed by atoms with Gasteiger partial charge in [-0.2, -0.15) is 0 Å². The fourth-order valence-corrected chi connectivity index (χ4v) is 3.92. The van der Waals surface area contributed by atoms with Gasteiger partial charge in [0.05, 0.1) is 21.8 Å². The van der Waals surface area contributed by atoms with Crippen LogP contribution >= 0.6 is 11.6 Å². The molecule has 10 heteroatoms. The Morgan fingerprint density at radius 1 is 1.19 bits per heavy atom. The highest BCUT2D eigenvalue weighted by molar-refractivity contribution is 7.90. The van der Waals surface area contributed by atoms with Crippen LogP contribution in [0.1, 0.15) is 21.6 Å². The fraction of sp³-hybridized carbons (Fsp3) is 0.118. The van der Waals surface area contributed by atoms with Crippen LogP contribution in [0.5, 0.6) is 0 Å². The van der Waals surface area contributed by atoms with E-state index in [1.165, 1.54) is 23.9 Å². The van der Waals surface area contributed by atoms with Crippen LogP contribution in [-0.2, 0) is 10.0 Å². The zero-order valence-electron chi connectivity index (χ0n) is 14.3. The molecule has 0 radical (unpaired) electrons. The maximum absolute atomic E-state index is 13.4. The van der Waals surface area contributed by atoms with Gasteiger partial charge >= 0.3 is 0 Å². The first-order chi connectivity index (χ1) is 12.7. The summed E-state index contributed by atoms with van der Waals surface area (Å²) in [5.74, 6) is -1.72. The molecule has 3 aromatic rings. The van der Waals surface area contributed by atoms with Crippen LogP contribution in [0.3, 0.4) is 0 Å². The zero-order chi connectivity index (χ0) is 19.8. The highest BCUT2D eigenvalue weighted by Gasteiger charge is 2.23. The summed E-state index contributed by atoms with van der Waals surface area (Å²) in [5, 5.41) is 7.87. The van der Waals surface area contributed by atoms with Crippen molar-refractivity contribution in [1.29, 1.82) is 0 Å². The number of aromatic nitrogens is 3. The summed E-state index contributed by atoms with van der Waals surface area (Å²) in [6.07, 6.45) is 1.25. The van der Waals surface area contributed by atoms with Gasteiger partial charge in [0.25, 0.3) is 15.9 Å². The van der Waals surface area contributed by atoms with E-state index in [1.54, 1.807) is 18.2 Å². The quantitative estimate of drug-likeness (QED) is 0.716. The van der Waals surface area contributed by atoms with Crippen LogP contribution in [0.4, 0.5) is 4.39 Å². The van der Waals surface area contributed by atoms with E-state index in [4.69, 9.17) is 11.6 Å². The third kappa shape index (κ3) is 3.99. The van der Waals surface area contributed by atoms with Crippen LogP contribution in [0.25, 0.3) is 5.69 Å². The maximum atomic E-state index is 13.4. The monoisotopic (exact) mass is 408 g/mol. The van der Waals surface area contributed by atoms with Crippen molar-refractivity contribution < 1.29 is 17.6 Å². The van der Waals surface area contributed by atoms with Crippen molar-refractivity contribution in [1.82, 2.24) is 19.7 Å². The third-order valence-corrected chi connectivity index (χ3v) is 5.52. The van der Waals surface area contributed by atoms with Gasteiger partial charge in [-0.1, -0.05) is 28.9 Å². The minimum absolute atomic E-state index is 0.232. The summed E-state index contributed by atoms with van der Waals surface area (Å²) in [6.45, 7) is 3.36. The van der Waals surface area contributed by atoms with Gasteiger partial charge in [-0.25, -0.2) is 22.2 Å². The van der Waals surface area contributed by atoms with Gasteiger partial charge in [0.1, 0.15) is 5.82 Å². The SMILES string of the molecule is Cc1ccc(-n2cc(C(=O)NS(=O)(=O)c3cc(F)ccc3C)nn2)c(Cl)c1. The van der Waals surface area contributed by atoms with Crippen molar-refractivity contribution in [3.05, 3.63) is 70.3 Å². The zero-order valence-corrected chi connectivity index (χ0v) is 15.8. The molecule has 27 heavy (non-hydrogen) atoms. The predicted octanol–water partition coefficient (Wildman–Crippen LogP) is 2.80. The number of carbonyl (C=O) groups is 1. The van der Waals surface area contributed by atoms with E-state index in [9.17, 15) is 17.6 Å². The fourth-order valence-electron chi connectivity index (χ4n) is 2.38. The second kappa shape index (κ2) is 7.09. The summed E-state index contributed by atoms with van der Waals surface area (Å²) < 4.78 is 41.3. The van der Waals surface area contributed by atoms with Crippen molar-refractivity contribution in [3.63, 3.8) is 0 Å². The first-order valence-corrected chi connectivity index (χ1v) is 9.55. The lowest BCUT2D eigenvalue weighted by Gasteiger charge is -2.08. The largest absolute Gasteiger partial charge is 0.287 e. The van der Waals surface area contributed by atoms with Crippen LogP contribution in [0, 0.1) is 19.7 Å². The average molecular weight is 409 g/mol. The molecule has 0 spiro atoms. The number of carbonyl (C=O) groups excluding carboxylic acids is 1. The molecule has 0 unspecified atom stereocenters. The molecule has 1 aromatic heterocycles. The Kier molecular flexibility index (Phi) is 4.99. The van der Waals surface area contributed by atoms with Gasteiger partial charge in [-0.15, -0.1) is 5.10 Å². The number of hydrogen-bond donors (Lipinski definition) is 1. The molecule has 0 aliphatic carbocycles. The topological polar surface area (TPSA) is 94.0 Å². The predicted molar refractivity (Wildman–Crippen MR) is 96.9 cm³/mol. The first kappa shape index (κ1) is 19.0. The summed E-state index contributed by atoms with van der Waals surface area (Å²) in [7, 11) is -4.27. The molecule has 0 saturated heterocycles. The number of halogens is 2. The van der Waals surface area contributed by atoms with E-state index in [2.05, 4.69) is 10.3 Å². The van der Waals surface area contributed by atoms with Crippen LogP contribution in [-0.4, -0.2) is 29.3 Å². The second-order valence-electron chi connectivity index (χ2n) is 5.85. The number of nitrogens with zero attached hydrogens (tertiary/aromatic N) is 3. The second-order valence-corrected chi connectivity index (χ2v) is 7.91. The minimum atomic E-state index is -4.27. The summed E-state index contributed by atoms with van der Waals surface area (Å²) in [5.41, 5.74) is 1.49. The molecular formula is C17H14ClFN4O3S. The number of amides is 1. The van der Waals surface area contributed by atoms with E-state index in [1.807, 2.05) is 11.6 Å². The van der Waals surface area contributed by atoms with E-state index in [0.717, 1.165) is 17.7 Å². The van der Waals surface area contributed by atoms with Gasteiger partial charge in [0.2, 0.25) is 0 Å². The molecule has 0 fully saturated rings. The summed E-state index contributed by atoms with van der Waals surface area (Å²) in [6, 6.07) is 8.50. The summed E-state index contributed by atoms with van der Waals surface area (Å²) in [4.78, 5) is 12.0. The third-order valence-electron chi connectivity index (χ3n) is 3.74. The molecule has 140 valence electrons. The molecule has 2 aromatic carbocycles. The summed E-state index contributed by atoms with van der Waals surface area (Å²) >= 11 is 6.15. The molecule has 0 atom stereocenters. The lowest BCUT2D eigenvalue weighted by molar-refractivity contribution is 0.0976. The molecule has 1 heterocycles. The van der Waals surface area contributed by atoms with E-state index in [-0.39, 0.29) is 10.6 Å². The normalized spacial score (nSPS) is 11.4. The standard InChI is InChI=1S/C17H14ClFN4O3S/c1-10-3-6-15(13(18)7-10)23-9-14(20-22-23)17(24)21-27(25,26)16-8-12(19)5-4-11(16)2/h3-9H,1-2H3,(H,21,24). The molecular weight excluding hydrogens is 395 g/mol. The van der Waals surface area contributed by atoms with Crippen LogP contribution in [0.15, 0.2) is 47.5 Å². The van der Waals surface area contributed by atoms with Crippen LogP contribution < -0.4 is 4.72 Å². The minimum Gasteiger partial charge on any atom is -0.266 e. The number of hydrogen-bond acceptors (Lipinski definition) is 5. The highest BCUT2D eigenvalue weighted by Crippen LogP contribution is 2.21. The van der Waals surface area contributed by atoms with Crippen molar-refractivity contribution >= 4 is 27.5 Å². The Labute approximate surface area is 159 Å². The Morgan fingerprint density at radius 2 is 1.93 bits per heavy atom. The molecule has 0 bridgehead atoms. The van der Waals surface area contributed by atoms with Crippen molar-refractivity contribution in [3.8, 4) is 5.69 Å². The lowest BCUT2D eigenvalue weighted by Crippen LogP contribution is -2.31. The van der Waals surface area contributed by atoms with Gasteiger partial charge in [-0.3, -0.25) is 4.79 Å². The van der Waals surface area contributed by atoms with Crippen LogP contribution in [0.2, 0.25) is 5.02 Å². The van der Waals surface area contributed by atoms with E-state index >= 15 is 0 Å². The first-order valence-electron chi connectivity index (χ1n) is 7.69. The van der Waals surface area contributed by atoms with Crippen molar-refractivity contribution in [2.75, 3.05) is 0 Å². The average Bonchev–Trinajstić information content (AvgIpc) is 3.06. The van der Waals surface area contributed by atoms with Gasteiger partial charge < -0.3 is 0 Å². The Morgan fingerprint density at radius 3 is 2.63 bits per heavy atom. The van der Waals surface area contributed by atoms with Crippen molar-refractivity contribution in [2.45, 2.75) is 18.7 Å². The maximum Gasteiger partial charge on any atom is 0.287 e. The Bertz CT molecular complexity index is 1140. The lowest BCUT2D eigenvalue weighted by atomic mass is 10.2. The molecule has 7 nitrogen and oxygen atoms in total. The molecule has 1 amide bonds. The Hall–Kier alpha value is -2.78. The van der Waals surface area contributed by atoms with E-state index in [0.29, 0.717) is 16.3 Å². The number of sulfonamides is 1.